The van der Waals surface area contributed by atoms with E-state index in [1.54, 1.807) is 17.8 Å². The first-order chi connectivity index (χ1) is 8.12. The number of nitroso groups, excluding NO2 is 1. The molecule has 0 bridgehead atoms. The van der Waals surface area contributed by atoms with Crippen LogP contribution in [0.15, 0.2) is 28.3 Å². The molecular formula is C13H17NO2S. The Kier molecular flexibility index (Phi) is 5.35. The molecule has 0 aliphatic rings. The van der Waals surface area contributed by atoms with Gasteiger partial charge in [0.05, 0.1) is 0 Å². The van der Waals surface area contributed by atoms with Crippen LogP contribution in [-0.2, 0) is 4.79 Å². The predicted octanol–water partition coefficient (Wildman–Crippen LogP) is 4.28. The summed E-state index contributed by atoms with van der Waals surface area (Å²) in [5.41, 5.74) is 1.41. The highest BCUT2D eigenvalue weighted by molar-refractivity contribution is 8.00. The molecule has 1 aromatic carbocycles. The van der Waals surface area contributed by atoms with Crippen molar-refractivity contribution in [1.82, 2.24) is 0 Å². The topological polar surface area (TPSA) is 46.5 Å². The van der Waals surface area contributed by atoms with Crippen molar-refractivity contribution >= 4 is 23.7 Å². The second-order valence-electron chi connectivity index (χ2n) is 4.14. The minimum Gasteiger partial charge on any atom is -0.303 e. The summed E-state index contributed by atoms with van der Waals surface area (Å²) < 4.78 is 0. The maximum atomic E-state index is 10.9. The number of nitrogens with zero attached hydrogens (tertiary/aromatic N) is 1. The van der Waals surface area contributed by atoms with Crippen molar-refractivity contribution in [2.24, 2.45) is 5.18 Å². The molecule has 1 unspecified atom stereocenters. The highest BCUT2D eigenvalue weighted by Crippen LogP contribution is 2.35. The zero-order valence-electron chi connectivity index (χ0n) is 10.3. The van der Waals surface area contributed by atoms with Crippen LogP contribution < -0.4 is 0 Å². The largest absolute Gasteiger partial charge is 0.303 e. The van der Waals surface area contributed by atoms with Gasteiger partial charge in [0.2, 0.25) is 0 Å². The Bertz CT molecular complexity index is 404. The predicted molar refractivity (Wildman–Crippen MR) is 72.0 cm³/mol. The number of carbonyl (C=O) groups excluding carboxylic acids is 1. The van der Waals surface area contributed by atoms with Gasteiger partial charge in [0, 0.05) is 16.1 Å². The molecule has 1 aromatic rings. The van der Waals surface area contributed by atoms with Crippen molar-refractivity contribution in [3.8, 4) is 0 Å². The van der Waals surface area contributed by atoms with Gasteiger partial charge in [-0.1, -0.05) is 26.8 Å². The van der Waals surface area contributed by atoms with Crippen LogP contribution in [0.1, 0.15) is 38.7 Å². The molecule has 0 fully saturated rings. The Balaban J connectivity index is 3.11. The van der Waals surface area contributed by atoms with Gasteiger partial charge in [-0.2, -0.15) is 0 Å². The molecule has 92 valence electrons. The fourth-order valence-corrected chi connectivity index (χ4v) is 2.53. The molecule has 0 aromatic heterocycles. The Hall–Kier alpha value is -1.16. The molecule has 4 heteroatoms. The number of hydrogen-bond donors (Lipinski definition) is 0. The molecule has 17 heavy (non-hydrogen) atoms. The van der Waals surface area contributed by atoms with Gasteiger partial charge in [0.15, 0.2) is 0 Å². The molecule has 3 nitrogen and oxygen atoms in total. The SMILES string of the molecule is CCC(C=O)c1ccc(N=O)c(SC(C)C)c1. The molecular weight excluding hydrogens is 234 g/mol. The van der Waals surface area contributed by atoms with E-state index in [1.807, 2.05) is 19.1 Å². The van der Waals surface area contributed by atoms with Gasteiger partial charge in [-0.3, -0.25) is 0 Å². The molecule has 0 spiro atoms. The maximum absolute atomic E-state index is 10.9. The average molecular weight is 251 g/mol. The number of thioether (sulfide) groups is 1. The summed E-state index contributed by atoms with van der Waals surface area (Å²) >= 11 is 1.59. The van der Waals surface area contributed by atoms with Crippen molar-refractivity contribution in [3.05, 3.63) is 28.7 Å². The first-order valence-electron chi connectivity index (χ1n) is 5.71. The smallest absolute Gasteiger partial charge is 0.127 e. The van der Waals surface area contributed by atoms with Gasteiger partial charge >= 0.3 is 0 Å². The van der Waals surface area contributed by atoms with Crippen LogP contribution in [0.25, 0.3) is 0 Å². The zero-order chi connectivity index (χ0) is 12.8. The van der Waals surface area contributed by atoms with E-state index in [-0.39, 0.29) is 5.92 Å². The van der Waals surface area contributed by atoms with E-state index in [0.717, 1.165) is 23.2 Å². The van der Waals surface area contributed by atoms with Gasteiger partial charge in [-0.15, -0.1) is 16.7 Å². The van der Waals surface area contributed by atoms with Crippen molar-refractivity contribution in [1.29, 1.82) is 0 Å². The first kappa shape index (κ1) is 13.9. The third kappa shape index (κ3) is 3.66. The summed E-state index contributed by atoms with van der Waals surface area (Å²) in [6.45, 7) is 6.09. The summed E-state index contributed by atoms with van der Waals surface area (Å²) in [5, 5.41) is 3.39. The van der Waals surface area contributed by atoms with Gasteiger partial charge in [-0.25, -0.2) is 0 Å². The maximum Gasteiger partial charge on any atom is 0.127 e. The molecule has 0 aliphatic heterocycles. The highest BCUT2D eigenvalue weighted by Gasteiger charge is 2.12. The Labute approximate surface area is 106 Å². The lowest BCUT2D eigenvalue weighted by Gasteiger charge is -2.12. The van der Waals surface area contributed by atoms with Crippen LogP contribution in [-0.4, -0.2) is 11.5 Å². The fourth-order valence-electron chi connectivity index (χ4n) is 1.60. The van der Waals surface area contributed by atoms with Crippen LogP contribution in [0, 0.1) is 4.91 Å². The second-order valence-corrected chi connectivity index (χ2v) is 5.75. The van der Waals surface area contributed by atoms with Crippen LogP contribution in [0.5, 0.6) is 0 Å². The summed E-state index contributed by atoms with van der Waals surface area (Å²) in [7, 11) is 0. The molecule has 0 heterocycles. The third-order valence-corrected chi connectivity index (χ3v) is 3.53. The molecule has 0 radical (unpaired) electrons. The molecule has 0 saturated carbocycles. The average Bonchev–Trinajstić information content (AvgIpc) is 2.30. The number of hydrogen-bond acceptors (Lipinski definition) is 4. The van der Waals surface area contributed by atoms with E-state index in [0.29, 0.717) is 10.9 Å². The quantitative estimate of drug-likeness (QED) is 0.430. The van der Waals surface area contributed by atoms with E-state index in [9.17, 15) is 9.70 Å². The molecule has 0 saturated heterocycles. The normalized spacial score (nSPS) is 12.5. The lowest BCUT2D eigenvalue weighted by atomic mass is 9.98. The van der Waals surface area contributed by atoms with Crippen molar-refractivity contribution < 1.29 is 4.79 Å². The molecule has 0 aliphatic carbocycles. The van der Waals surface area contributed by atoms with E-state index in [2.05, 4.69) is 19.0 Å². The lowest BCUT2D eigenvalue weighted by Crippen LogP contribution is -1.99. The first-order valence-corrected chi connectivity index (χ1v) is 6.59. The van der Waals surface area contributed by atoms with Crippen LogP contribution >= 0.6 is 11.8 Å². The van der Waals surface area contributed by atoms with Crippen molar-refractivity contribution in [2.75, 3.05) is 0 Å². The monoisotopic (exact) mass is 251 g/mol. The number of rotatable bonds is 6. The Morgan fingerprint density at radius 1 is 1.41 bits per heavy atom. The lowest BCUT2D eigenvalue weighted by molar-refractivity contribution is -0.109. The second kappa shape index (κ2) is 6.55. The minimum atomic E-state index is -0.0952. The molecule has 0 N–H and O–H groups in total. The van der Waals surface area contributed by atoms with E-state index in [1.165, 1.54) is 0 Å². The third-order valence-electron chi connectivity index (χ3n) is 2.48. The number of carbonyl (C=O) groups is 1. The van der Waals surface area contributed by atoms with Crippen molar-refractivity contribution in [2.45, 2.75) is 43.3 Å². The summed E-state index contributed by atoms with van der Waals surface area (Å²) in [6.07, 6.45) is 1.72. The molecule has 1 atom stereocenters. The van der Waals surface area contributed by atoms with Gasteiger partial charge in [-0.05, 0) is 29.3 Å². The van der Waals surface area contributed by atoms with Gasteiger partial charge in [0.1, 0.15) is 12.0 Å². The van der Waals surface area contributed by atoms with E-state index < -0.39 is 0 Å². The summed E-state index contributed by atoms with van der Waals surface area (Å²) in [6, 6.07) is 5.41. The zero-order valence-corrected chi connectivity index (χ0v) is 11.2. The fraction of sp³-hybridized carbons (Fsp3) is 0.462. The van der Waals surface area contributed by atoms with Crippen LogP contribution in [0.4, 0.5) is 5.69 Å². The Morgan fingerprint density at radius 2 is 2.12 bits per heavy atom. The standard InChI is InChI=1S/C13H17NO2S/c1-4-10(8-15)11-5-6-12(14-16)13(7-11)17-9(2)3/h5-10H,4H2,1-3H3. The van der Waals surface area contributed by atoms with Crippen LogP contribution in [0.3, 0.4) is 0 Å². The summed E-state index contributed by atoms with van der Waals surface area (Å²) in [4.78, 5) is 22.5. The van der Waals surface area contributed by atoms with Crippen molar-refractivity contribution in [3.63, 3.8) is 0 Å². The minimum absolute atomic E-state index is 0.0952. The van der Waals surface area contributed by atoms with Crippen LogP contribution in [0.2, 0.25) is 0 Å². The van der Waals surface area contributed by atoms with Gasteiger partial charge < -0.3 is 4.79 Å². The van der Waals surface area contributed by atoms with E-state index >= 15 is 0 Å². The summed E-state index contributed by atoms with van der Waals surface area (Å²) in [5.74, 6) is -0.0952. The van der Waals surface area contributed by atoms with E-state index in [4.69, 9.17) is 0 Å². The Morgan fingerprint density at radius 3 is 2.59 bits per heavy atom. The number of benzene rings is 1. The number of aldehydes is 1. The van der Waals surface area contributed by atoms with Gasteiger partial charge in [0.25, 0.3) is 0 Å². The molecule has 1 rings (SSSR count). The highest BCUT2D eigenvalue weighted by atomic mass is 32.2. The molecule has 0 amide bonds.